The molecule has 0 aromatic rings. The molecular formula is C12H29N. The molecule has 1 nitrogen and oxygen atoms in total. The van der Waals surface area contributed by atoms with Crippen molar-refractivity contribution in [2.24, 2.45) is 5.92 Å². The Labute approximate surface area is 85.3 Å². The molecule has 1 N–H and O–H groups in total. The van der Waals surface area contributed by atoms with Gasteiger partial charge in [-0.1, -0.05) is 41.5 Å². The van der Waals surface area contributed by atoms with Crippen LogP contribution in [0.3, 0.4) is 0 Å². The van der Waals surface area contributed by atoms with Crippen LogP contribution < -0.4 is 5.32 Å². The van der Waals surface area contributed by atoms with E-state index in [1.165, 1.54) is 6.42 Å². The number of rotatable bonds is 4. The van der Waals surface area contributed by atoms with Crippen LogP contribution >= 0.6 is 0 Å². The summed E-state index contributed by atoms with van der Waals surface area (Å²) in [4.78, 5) is 0. The summed E-state index contributed by atoms with van der Waals surface area (Å²) in [5, 5.41) is 3.55. The van der Waals surface area contributed by atoms with Crippen LogP contribution in [-0.2, 0) is 0 Å². The van der Waals surface area contributed by atoms with Crippen LogP contribution in [-0.4, -0.2) is 11.6 Å². The van der Waals surface area contributed by atoms with Crippen molar-refractivity contribution in [1.82, 2.24) is 5.32 Å². The lowest BCUT2D eigenvalue weighted by atomic mass is 9.92. The average molecular weight is 187 g/mol. The second kappa shape index (κ2) is 7.37. The Morgan fingerprint density at radius 2 is 1.38 bits per heavy atom. The molecule has 0 rings (SSSR count). The third kappa shape index (κ3) is 12.0. The lowest BCUT2D eigenvalue weighted by Crippen LogP contribution is -2.44. The SMILES string of the molecule is CC.CC(C)CC(C)(C)NC(C)C. The standard InChI is InChI=1S/C10H23N.C2H6/c1-8(2)7-10(5,6)11-9(3)4;1-2/h8-9,11H,7H2,1-6H3;1-2H3. The van der Waals surface area contributed by atoms with Gasteiger partial charge in [0.25, 0.3) is 0 Å². The van der Waals surface area contributed by atoms with Gasteiger partial charge in [0.05, 0.1) is 0 Å². The van der Waals surface area contributed by atoms with Gasteiger partial charge in [0.1, 0.15) is 0 Å². The van der Waals surface area contributed by atoms with E-state index in [2.05, 4.69) is 46.9 Å². The quantitative estimate of drug-likeness (QED) is 0.705. The molecule has 0 fully saturated rings. The van der Waals surface area contributed by atoms with Crippen molar-refractivity contribution < 1.29 is 0 Å². The molecular weight excluding hydrogens is 158 g/mol. The van der Waals surface area contributed by atoms with Crippen molar-refractivity contribution in [2.75, 3.05) is 0 Å². The third-order valence-electron chi connectivity index (χ3n) is 1.60. The van der Waals surface area contributed by atoms with Gasteiger partial charge in [-0.2, -0.15) is 0 Å². The van der Waals surface area contributed by atoms with E-state index in [-0.39, 0.29) is 0 Å². The van der Waals surface area contributed by atoms with Gasteiger partial charge in [-0.3, -0.25) is 0 Å². The van der Waals surface area contributed by atoms with Crippen molar-refractivity contribution in [1.29, 1.82) is 0 Å². The molecule has 0 unspecified atom stereocenters. The van der Waals surface area contributed by atoms with Crippen LogP contribution in [0.25, 0.3) is 0 Å². The Hall–Kier alpha value is -0.0400. The molecule has 0 spiro atoms. The molecule has 0 radical (unpaired) electrons. The highest BCUT2D eigenvalue weighted by atomic mass is 15.0. The van der Waals surface area contributed by atoms with E-state index in [9.17, 15) is 0 Å². The van der Waals surface area contributed by atoms with Crippen molar-refractivity contribution in [2.45, 2.75) is 73.4 Å². The highest BCUT2D eigenvalue weighted by Crippen LogP contribution is 2.15. The fourth-order valence-electron chi connectivity index (χ4n) is 1.86. The Morgan fingerprint density at radius 3 is 1.62 bits per heavy atom. The van der Waals surface area contributed by atoms with Gasteiger partial charge in [-0.25, -0.2) is 0 Å². The Kier molecular flexibility index (Phi) is 8.75. The summed E-state index contributed by atoms with van der Waals surface area (Å²) in [7, 11) is 0. The number of nitrogens with one attached hydrogen (secondary N) is 1. The molecule has 0 saturated heterocycles. The first-order valence-corrected chi connectivity index (χ1v) is 5.61. The Morgan fingerprint density at radius 1 is 1.00 bits per heavy atom. The summed E-state index contributed by atoms with van der Waals surface area (Å²) in [6.07, 6.45) is 1.24. The molecule has 0 atom stereocenters. The summed E-state index contributed by atoms with van der Waals surface area (Å²) in [6.45, 7) is 17.5. The second-order valence-corrected chi connectivity index (χ2v) is 4.78. The average Bonchev–Trinajstić information content (AvgIpc) is 1.85. The summed E-state index contributed by atoms with van der Waals surface area (Å²) in [5.41, 5.74) is 0.294. The van der Waals surface area contributed by atoms with Gasteiger partial charge in [-0.05, 0) is 26.2 Å². The van der Waals surface area contributed by atoms with Crippen LogP contribution in [0.15, 0.2) is 0 Å². The molecule has 1 heteroatoms. The zero-order valence-electron chi connectivity index (χ0n) is 10.9. The smallest absolute Gasteiger partial charge is 0.0129 e. The van der Waals surface area contributed by atoms with Crippen molar-refractivity contribution >= 4 is 0 Å². The molecule has 0 heterocycles. The predicted octanol–water partition coefficient (Wildman–Crippen LogP) is 3.84. The first-order valence-electron chi connectivity index (χ1n) is 5.61. The first-order chi connectivity index (χ1) is 5.83. The fourth-order valence-corrected chi connectivity index (χ4v) is 1.86. The molecule has 0 aliphatic rings. The van der Waals surface area contributed by atoms with E-state index in [1.54, 1.807) is 0 Å². The van der Waals surface area contributed by atoms with Gasteiger partial charge < -0.3 is 5.32 Å². The molecule has 82 valence electrons. The van der Waals surface area contributed by atoms with Crippen LogP contribution in [0.2, 0.25) is 0 Å². The zero-order valence-corrected chi connectivity index (χ0v) is 10.9. The Balaban J connectivity index is 0. The van der Waals surface area contributed by atoms with Crippen molar-refractivity contribution in [3.8, 4) is 0 Å². The highest BCUT2D eigenvalue weighted by Gasteiger charge is 2.19. The van der Waals surface area contributed by atoms with E-state index < -0.39 is 0 Å². The van der Waals surface area contributed by atoms with Gasteiger partial charge in [-0.15, -0.1) is 0 Å². The maximum Gasteiger partial charge on any atom is 0.0129 e. The maximum atomic E-state index is 3.55. The third-order valence-corrected chi connectivity index (χ3v) is 1.60. The molecule has 0 aromatic heterocycles. The number of hydrogen-bond donors (Lipinski definition) is 1. The minimum Gasteiger partial charge on any atom is -0.310 e. The number of hydrogen-bond acceptors (Lipinski definition) is 1. The molecule has 0 aromatic carbocycles. The molecule has 0 bridgehead atoms. The molecule has 13 heavy (non-hydrogen) atoms. The monoisotopic (exact) mass is 187 g/mol. The predicted molar refractivity (Wildman–Crippen MR) is 63.2 cm³/mol. The van der Waals surface area contributed by atoms with Gasteiger partial charge in [0.15, 0.2) is 0 Å². The topological polar surface area (TPSA) is 12.0 Å². The van der Waals surface area contributed by atoms with Gasteiger partial charge in [0, 0.05) is 11.6 Å². The highest BCUT2D eigenvalue weighted by molar-refractivity contribution is 4.80. The van der Waals surface area contributed by atoms with Crippen LogP contribution in [0.5, 0.6) is 0 Å². The minimum atomic E-state index is 0.294. The van der Waals surface area contributed by atoms with Crippen molar-refractivity contribution in [3.63, 3.8) is 0 Å². The maximum absolute atomic E-state index is 3.55. The summed E-state index contributed by atoms with van der Waals surface area (Å²) < 4.78 is 0. The molecule has 0 amide bonds. The van der Waals surface area contributed by atoms with E-state index in [4.69, 9.17) is 0 Å². The lowest BCUT2D eigenvalue weighted by molar-refractivity contribution is 0.296. The van der Waals surface area contributed by atoms with Crippen molar-refractivity contribution in [3.05, 3.63) is 0 Å². The summed E-state index contributed by atoms with van der Waals surface area (Å²) >= 11 is 0. The largest absolute Gasteiger partial charge is 0.310 e. The summed E-state index contributed by atoms with van der Waals surface area (Å²) in [6, 6.07) is 0.587. The lowest BCUT2D eigenvalue weighted by Gasteiger charge is -2.30. The van der Waals surface area contributed by atoms with E-state index >= 15 is 0 Å². The van der Waals surface area contributed by atoms with Crippen LogP contribution in [0, 0.1) is 5.92 Å². The van der Waals surface area contributed by atoms with Gasteiger partial charge >= 0.3 is 0 Å². The van der Waals surface area contributed by atoms with E-state index in [0.29, 0.717) is 11.6 Å². The molecule has 0 aliphatic heterocycles. The fraction of sp³-hybridized carbons (Fsp3) is 1.00. The minimum absolute atomic E-state index is 0.294. The zero-order chi connectivity index (χ0) is 11.1. The summed E-state index contributed by atoms with van der Waals surface area (Å²) in [5.74, 6) is 0.774. The van der Waals surface area contributed by atoms with E-state index in [1.807, 2.05) is 13.8 Å². The molecule has 0 aliphatic carbocycles. The van der Waals surface area contributed by atoms with Crippen LogP contribution in [0.1, 0.15) is 61.8 Å². The van der Waals surface area contributed by atoms with E-state index in [0.717, 1.165) is 5.92 Å². The van der Waals surface area contributed by atoms with Crippen LogP contribution in [0.4, 0.5) is 0 Å². The van der Waals surface area contributed by atoms with Gasteiger partial charge in [0.2, 0.25) is 0 Å². The Bertz CT molecular complexity index is 91.7. The second-order valence-electron chi connectivity index (χ2n) is 4.78. The molecule has 0 saturated carbocycles. The first kappa shape index (κ1) is 15.4. The normalized spacial score (nSPS) is 11.5.